The van der Waals surface area contributed by atoms with Gasteiger partial charge in [-0.1, -0.05) is 36.4 Å². The highest BCUT2D eigenvalue weighted by Gasteiger charge is 2.40. The minimum atomic E-state index is -0.275. The van der Waals surface area contributed by atoms with Gasteiger partial charge >= 0.3 is 6.03 Å². The first-order valence-corrected chi connectivity index (χ1v) is 11.7. The van der Waals surface area contributed by atoms with Crippen LogP contribution in [0.25, 0.3) is 17.0 Å². The third-order valence-corrected chi connectivity index (χ3v) is 7.15. The molecule has 33 heavy (non-hydrogen) atoms. The van der Waals surface area contributed by atoms with Crippen molar-refractivity contribution in [3.8, 4) is 11.4 Å². The van der Waals surface area contributed by atoms with Crippen LogP contribution in [0.5, 0.6) is 0 Å². The first-order valence-electron chi connectivity index (χ1n) is 11.7. The standard InChI is InChI=1S/C26H26FN5O/c27-20-8-6-18(7-9-20)25-30-29-24-13-10-21(16-31(24)25)28-26(33)32-22-11-12-23(32)15-19(14-22)17-4-2-1-3-5-17/h1-9,14,21-23H,10-13,15-16H2,(H,28,33). The summed E-state index contributed by atoms with van der Waals surface area (Å²) in [5, 5.41) is 11.9. The van der Waals surface area contributed by atoms with Gasteiger partial charge in [0.05, 0.1) is 6.04 Å². The maximum Gasteiger partial charge on any atom is 0.318 e. The quantitative estimate of drug-likeness (QED) is 0.652. The summed E-state index contributed by atoms with van der Waals surface area (Å²) in [6, 6.07) is 17.2. The molecule has 0 aliphatic carbocycles. The number of amides is 2. The maximum absolute atomic E-state index is 13.3. The molecule has 4 heterocycles. The molecule has 6 nitrogen and oxygen atoms in total. The summed E-state index contributed by atoms with van der Waals surface area (Å²) in [7, 11) is 0. The summed E-state index contributed by atoms with van der Waals surface area (Å²) in [5.41, 5.74) is 3.44. The van der Waals surface area contributed by atoms with Gasteiger partial charge in [0.1, 0.15) is 11.6 Å². The molecule has 6 rings (SSSR count). The summed E-state index contributed by atoms with van der Waals surface area (Å²) < 4.78 is 15.4. The molecule has 7 heteroatoms. The van der Waals surface area contributed by atoms with E-state index in [4.69, 9.17) is 0 Å². The number of rotatable bonds is 3. The van der Waals surface area contributed by atoms with Crippen molar-refractivity contribution in [2.24, 2.45) is 0 Å². The van der Waals surface area contributed by atoms with Crippen molar-refractivity contribution in [3.05, 3.63) is 77.9 Å². The maximum atomic E-state index is 13.3. The molecule has 1 N–H and O–H groups in total. The number of aromatic nitrogens is 3. The van der Waals surface area contributed by atoms with E-state index in [0.717, 1.165) is 49.3 Å². The Morgan fingerprint density at radius 1 is 0.970 bits per heavy atom. The van der Waals surface area contributed by atoms with E-state index in [1.54, 1.807) is 12.1 Å². The van der Waals surface area contributed by atoms with Crippen LogP contribution in [0.15, 0.2) is 60.7 Å². The van der Waals surface area contributed by atoms with E-state index in [2.05, 4.69) is 55.3 Å². The van der Waals surface area contributed by atoms with E-state index < -0.39 is 0 Å². The molecular weight excluding hydrogens is 417 g/mol. The van der Waals surface area contributed by atoms with Gasteiger partial charge in [0.15, 0.2) is 5.82 Å². The predicted molar refractivity (Wildman–Crippen MR) is 124 cm³/mol. The normalized spacial score (nSPS) is 23.7. The minimum absolute atomic E-state index is 0.0131. The monoisotopic (exact) mass is 443 g/mol. The van der Waals surface area contributed by atoms with Gasteiger partial charge in [-0.05, 0) is 61.1 Å². The summed E-state index contributed by atoms with van der Waals surface area (Å²) in [5.74, 6) is 1.36. The van der Waals surface area contributed by atoms with Gasteiger partial charge < -0.3 is 14.8 Å². The second-order valence-corrected chi connectivity index (χ2v) is 9.21. The van der Waals surface area contributed by atoms with E-state index in [9.17, 15) is 9.18 Å². The topological polar surface area (TPSA) is 63.1 Å². The summed E-state index contributed by atoms with van der Waals surface area (Å²) in [6.07, 6.45) is 6.83. The molecule has 2 amide bonds. The molecule has 3 aliphatic heterocycles. The largest absolute Gasteiger partial charge is 0.333 e. The lowest BCUT2D eigenvalue weighted by molar-refractivity contribution is 0.172. The van der Waals surface area contributed by atoms with Crippen molar-refractivity contribution in [3.63, 3.8) is 0 Å². The van der Waals surface area contributed by atoms with E-state index in [1.807, 2.05) is 6.07 Å². The fourth-order valence-electron chi connectivity index (χ4n) is 5.52. The van der Waals surface area contributed by atoms with E-state index in [0.29, 0.717) is 6.54 Å². The molecule has 0 saturated carbocycles. The Morgan fingerprint density at radius 3 is 2.58 bits per heavy atom. The van der Waals surface area contributed by atoms with Crippen molar-refractivity contribution in [1.29, 1.82) is 0 Å². The van der Waals surface area contributed by atoms with Crippen LogP contribution in [-0.4, -0.2) is 43.8 Å². The van der Waals surface area contributed by atoms with Crippen LogP contribution >= 0.6 is 0 Å². The zero-order chi connectivity index (χ0) is 22.4. The lowest BCUT2D eigenvalue weighted by Gasteiger charge is -2.36. The molecule has 3 atom stereocenters. The molecule has 1 fully saturated rings. The fraction of sp³-hybridized carbons (Fsp3) is 0.346. The number of nitrogens with one attached hydrogen (secondary N) is 1. The van der Waals surface area contributed by atoms with Crippen molar-refractivity contribution in [2.75, 3.05) is 0 Å². The number of urea groups is 1. The first-order chi connectivity index (χ1) is 16.2. The van der Waals surface area contributed by atoms with Gasteiger partial charge in [-0.25, -0.2) is 9.18 Å². The lowest BCUT2D eigenvalue weighted by Crippen LogP contribution is -2.52. The van der Waals surface area contributed by atoms with Crippen molar-refractivity contribution < 1.29 is 9.18 Å². The number of benzene rings is 2. The molecule has 168 valence electrons. The number of carbonyl (C=O) groups excluding carboxylic acids is 1. The number of aryl methyl sites for hydroxylation is 1. The Hall–Kier alpha value is -3.48. The van der Waals surface area contributed by atoms with E-state index >= 15 is 0 Å². The van der Waals surface area contributed by atoms with Crippen LogP contribution in [0, 0.1) is 5.82 Å². The second kappa shape index (κ2) is 8.14. The van der Waals surface area contributed by atoms with Gasteiger partial charge in [0, 0.05) is 30.6 Å². The van der Waals surface area contributed by atoms with Crippen molar-refractivity contribution >= 4 is 11.6 Å². The number of nitrogens with zero attached hydrogens (tertiary/aromatic N) is 4. The SMILES string of the molecule is O=C(NC1CCc2nnc(-c3ccc(F)cc3)n2C1)N1C2C=C(c3ccccc3)CC1CC2. The minimum Gasteiger partial charge on any atom is -0.333 e. The molecule has 2 aromatic carbocycles. The highest BCUT2D eigenvalue weighted by atomic mass is 19.1. The molecule has 2 bridgehead atoms. The van der Waals surface area contributed by atoms with Gasteiger partial charge in [0.2, 0.25) is 0 Å². The summed E-state index contributed by atoms with van der Waals surface area (Å²) in [6.45, 7) is 0.620. The van der Waals surface area contributed by atoms with Gasteiger partial charge in [0.25, 0.3) is 0 Å². The number of halogens is 1. The number of carbonyl (C=O) groups is 1. The Morgan fingerprint density at radius 2 is 1.79 bits per heavy atom. The number of hydrogen-bond acceptors (Lipinski definition) is 3. The molecule has 0 spiro atoms. The van der Waals surface area contributed by atoms with Crippen molar-refractivity contribution in [2.45, 2.75) is 56.8 Å². The highest BCUT2D eigenvalue weighted by Crippen LogP contribution is 2.38. The average Bonchev–Trinajstić information content (AvgIpc) is 3.38. The lowest BCUT2D eigenvalue weighted by atomic mass is 9.95. The summed E-state index contributed by atoms with van der Waals surface area (Å²) >= 11 is 0. The molecule has 0 radical (unpaired) electrons. The molecule has 1 aromatic heterocycles. The summed E-state index contributed by atoms with van der Waals surface area (Å²) in [4.78, 5) is 15.4. The van der Waals surface area contributed by atoms with Crippen LogP contribution in [0.2, 0.25) is 0 Å². The smallest absolute Gasteiger partial charge is 0.318 e. The van der Waals surface area contributed by atoms with E-state index in [1.165, 1.54) is 23.3 Å². The Balaban J connectivity index is 1.17. The molecule has 3 aliphatic rings. The van der Waals surface area contributed by atoms with Crippen molar-refractivity contribution in [1.82, 2.24) is 25.0 Å². The number of fused-ring (bicyclic) bond motifs is 3. The average molecular weight is 444 g/mol. The number of hydrogen-bond donors (Lipinski definition) is 1. The van der Waals surface area contributed by atoms with Crippen LogP contribution in [0.4, 0.5) is 9.18 Å². The Kier molecular flexibility index (Phi) is 4.97. The van der Waals surface area contributed by atoms with Crippen LogP contribution in [0.3, 0.4) is 0 Å². The Bertz CT molecular complexity index is 1200. The first kappa shape index (κ1) is 20.1. The van der Waals surface area contributed by atoms with Crippen LogP contribution in [0.1, 0.15) is 37.1 Å². The zero-order valence-corrected chi connectivity index (χ0v) is 18.3. The third kappa shape index (κ3) is 3.71. The molecule has 3 aromatic rings. The molecule has 1 saturated heterocycles. The van der Waals surface area contributed by atoms with Gasteiger partial charge in [-0.2, -0.15) is 0 Å². The molecular formula is C26H26FN5O. The third-order valence-electron chi connectivity index (χ3n) is 7.15. The van der Waals surface area contributed by atoms with Crippen LogP contribution in [-0.2, 0) is 13.0 Å². The van der Waals surface area contributed by atoms with E-state index in [-0.39, 0.29) is 30.0 Å². The van der Waals surface area contributed by atoms with Gasteiger partial charge in [-0.3, -0.25) is 0 Å². The second-order valence-electron chi connectivity index (χ2n) is 9.21. The van der Waals surface area contributed by atoms with Crippen LogP contribution < -0.4 is 5.32 Å². The Labute approximate surface area is 192 Å². The zero-order valence-electron chi connectivity index (χ0n) is 18.3. The van der Waals surface area contributed by atoms with Gasteiger partial charge in [-0.15, -0.1) is 10.2 Å². The predicted octanol–water partition coefficient (Wildman–Crippen LogP) is 4.43. The highest BCUT2D eigenvalue weighted by molar-refractivity contribution is 5.79. The molecule has 3 unspecified atom stereocenters. The fourth-order valence-corrected chi connectivity index (χ4v) is 5.52.